The molecule has 0 aliphatic carbocycles. The smallest absolute Gasteiger partial charge is 0.261 e. The Kier molecular flexibility index (Phi) is 6.70. The van der Waals surface area contributed by atoms with E-state index in [2.05, 4.69) is 11.2 Å². The molecule has 21 heavy (non-hydrogen) atoms. The topological polar surface area (TPSA) is 64.3 Å². The van der Waals surface area contributed by atoms with Gasteiger partial charge in [-0.1, -0.05) is 12.8 Å². The van der Waals surface area contributed by atoms with Crippen molar-refractivity contribution in [3.05, 3.63) is 29.6 Å². The second-order valence-corrected chi connectivity index (χ2v) is 4.81. The van der Waals surface area contributed by atoms with Gasteiger partial charge in [0.15, 0.2) is 6.10 Å². The van der Waals surface area contributed by atoms with Crippen LogP contribution in [-0.2, 0) is 11.2 Å². The average molecular weight is 292 g/mol. The van der Waals surface area contributed by atoms with Crippen LogP contribution in [0.1, 0.15) is 25.8 Å². The predicted molar refractivity (Wildman–Crippen MR) is 80.3 cm³/mol. The highest BCUT2D eigenvalue weighted by Gasteiger charge is 2.17. The van der Waals surface area contributed by atoms with Crippen molar-refractivity contribution in [2.75, 3.05) is 6.54 Å². The third-order valence-corrected chi connectivity index (χ3v) is 3.07. The van der Waals surface area contributed by atoms with Crippen LogP contribution in [0.25, 0.3) is 0 Å². The van der Waals surface area contributed by atoms with Gasteiger partial charge in [0.05, 0.1) is 6.54 Å². The Hall–Kier alpha value is -2.06. The number of rotatable bonds is 7. The number of carbonyl (C=O) groups is 1. The molecule has 4 nitrogen and oxygen atoms in total. The molecule has 0 bridgehead atoms. The minimum atomic E-state index is -0.722. The van der Waals surface area contributed by atoms with Gasteiger partial charge >= 0.3 is 0 Å². The average Bonchev–Trinajstić information content (AvgIpc) is 2.47. The second kappa shape index (κ2) is 8.28. The number of amides is 1. The monoisotopic (exact) mass is 292 g/mol. The van der Waals surface area contributed by atoms with Crippen LogP contribution in [0, 0.1) is 18.2 Å². The highest BCUT2D eigenvalue weighted by atomic mass is 19.1. The lowest BCUT2D eigenvalue weighted by Crippen LogP contribution is -2.36. The van der Waals surface area contributed by atoms with E-state index in [1.807, 2.05) is 6.92 Å². The summed E-state index contributed by atoms with van der Waals surface area (Å²) in [5, 5.41) is 2.54. The SMILES string of the molecule is C#CCNC(=O)C(C)Oc1ccc(F)cc1CC(N)CC. The molecule has 0 saturated carbocycles. The Morgan fingerprint density at radius 2 is 2.29 bits per heavy atom. The van der Waals surface area contributed by atoms with Gasteiger partial charge in [-0.05, 0) is 43.5 Å². The van der Waals surface area contributed by atoms with Crippen LogP contribution in [0.3, 0.4) is 0 Å². The number of nitrogens with one attached hydrogen (secondary N) is 1. The number of terminal acetylenes is 1. The lowest BCUT2D eigenvalue weighted by Gasteiger charge is -2.18. The second-order valence-electron chi connectivity index (χ2n) is 4.81. The van der Waals surface area contributed by atoms with Crippen molar-refractivity contribution in [2.45, 2.75) is 38.8 Å². The first-order chi connectivity index (χ1) is 9.97. The number of halogens is 1. The summed E-state index contributed by atoms with van der Waals surface area (Å²) in [4.78, 5) is 11.7. The van der Waals surface area contributed by atoms with Crippen molar-refractivity contribution < 1.29 is 13.9 Å². The van der Waals surface area contributed by atoms with Crippen molar-refractivity contribution in [1.82, 2.24) is 5.32 Å². The number of benzene rings is 1. The Labute approximate surface area is 124 Å². The third-order valence-electron chi connectivity index (χ3n) is 3.07. The van der Waals surface area contributed by atoms with E-state index in [-0.39, 0.29) is 24.3 Å². The molecule has 0 aliphatic heterocycles. The van der Waals surface area contributed by atoms with Gasteiger partial charge in [0.25, 0.3) is 5.91 Å². The lowest BCUT2D eigenvalue weighted by atomic mass is 10.0. The van der Waals surface area contributed by atoms with Crippen LogP contribution >= 0.6 is 0 Å². The van der Waals surface area contributed by atoms with E-state index in [1.165, 1.54) is 18.2 Å². The van der Waals surface area contributed by atoms with Crippen LogP contribution < -0.4 is 15.8 Å². The molecule has 3 N–H and O–H groups in total. The van der Waals surface area contributed by atoms with Gasteiger partial charge in [0, 0.05) is 6.04 Å². The molecule has 0 fully saturated rings. The largest absolute Gasteiger partial charge is 0.481 e. The zero-order chi connectivity index (χ0) is 15.8. The maximum Gasteiger partial charge on any atom is 0.261 e. The molecule has 5 heteroatoms. The summed E-state index contributed by atoms with van der Waals surface area (Å²) in [5.74, 6) is 2.10. The first kappa shape index (κ1) is 17.0. The maximum atomic E-state index is 13.4. The summed E-state index contributed by atoms with van der Waals surface area (Å²) >= 11 is 0. The van der Waals surface area contributed by atoms with Crippen molar-refractivity contribution >= 4 is 5.91 Å². The highest BCUT2D eigenvalue weighted by molar-refractivity contribution is 5.80. The molecular weight excluding hydrogens is 271 g/mol. The maximum absolute atomic E-state index is 13.4. The van der Waals surface area contributed by atoms with Crippen LogP contribution in [-0.4, -0.2) is 24.6 Å². The van der Waals surface area contributed by atoms with E-state index in [4.69, 9.17) is 16.9 Å². The molecule has 1 aromatic rings. The standard InChI is InChI=1S/C16H21FN2O2/c1-4-8-19-16(20)11(3)21-15-7-6-13(17)9-12(15)10-14(18)5-2/h1,6-7,9,11,14H,5,8,10,18H2,2-3H3,(H,19,20). The number of hydrogen-bond donors (Lipinski definition) is 2. The fraction of sp³-hybridized carbons (Fsp3) is 0.438. The zero-order valence-electron chi connectivity index (χ0n) is 12.4. The van der Waals surface area contributed by atoms with E-state index in [9.17, 15) is 9.18 Å². The first-order valence-corrected chi connectivity index (χ1v) is 6.89. The molecule has 1 rings (SSSR count). The van der Waals surface area contributed by atoms with Gasteiger partial charge in [0.2, 0.25) is 0 Å². The Bertz CT molecular complexity index is 525. The fourth-order valence-electron chi connectivity index (χ4n) is 1.78. The molecule has 0 aliphatic rings. The fourth-order valence-corrected chi connectivity index (χ4v) is 1.78. The molecular formula is C16H21FN2O2. The summed E-state index contributed by atoms with van der Waals surface area (Å²) in [7, 11) is 0. The summed E-state index contributed by atoms with van der Waals surface area (Å²) < 4.78 is 19.0. The van der Waals surface area contributed by atoms with E-state index < -0.39 is 6.10 Å². The number of carbonyl (C=O) groups excluding carboxylic acids is 1. The number of hydrogen-bond acceptors (Lipinski definition) is 3. The van der Waals surface area contributed by atoms with Crippen molar-refractivity contribution in [2.24, 2.45) is 5.73 Å². The van der Waals surface area contributed by atoms with Crippen LogP contribution in [0.4, 0.5) is 4.39 Å². The molecule has 2 unspecified atom stereocenters. The summed E-state index contributed by atoms with van der Waals surface area (Å²) in [5.41, 5.74) is 6.55. The molecule has 114 valence electrons. The molecule has 0 saturated heterocycles. The van der Waals surface area contributed by atoms with Crippen LogP contribution in [0.15, 0.2) is 18.2 Å². The van der Waals surface area contributed by atoms with Crippen molar-refractivity contribution in [1.29, 1.82) is 0 Å². The minimum Gasteiger partial charge on any atom is -0.481 e. The molecule has 0 aromatic heterocycles. The molecule has 0 heterocycles. The van der Waals surface area contributed by atoms with Crippen LogP contribution in [0.2, 0.25) is 0 Å². The van der Waals surface area contributed by atoms with Gasteiger partial charge in [-0.2, -0.15) is 0 Å². The third kappa shape index (κ3) is 5.44. The van der Waals surface area contributed by atoms with Crippen molar-refractivity contribution in [3.8, 4) is 18.1 Å². The molecule has 1 aromatic carbocycles. The van der Waals surface area contributed by atoms with E-state index >= 15 is 0 Å². The molecule has 0 radical (unpaired) electrons. The van der Waals surface area contributed by atoms with Crippen molar-refractivity contribution in [3.63, 3.8) is 0 Å². The summed E-state index contributed by atoms with van der Waals surface area (Å²) in [6.07, 6.45) is 5.62. The quantitative estimate of drug-likeness (QED) is 0.751. The summed E-state index contributed by atoms with van der Waals surface area (Å²) in [6.45, 7) is 3.71. The Morgan fingerprint density at radius 3 is 2.90 bits per heavy atom. The lowest BCUT2D eigenvalue weighted by molar-refractivity contribution is -0.127. The number of ether oxygens (including phenoxy) is 1. The summed E-state index contributed by atoms with van der Waals surface area (Å²) in [6, 6.07) is 4.11. The molecule has 2 atom stereocenters. The van der Waals surface area contributed by atoms with Gasteiger partial charge in [-0.25, -0.2) is 4.39 Å². The highest BCUT2D eigenvalue weighted by Crippen LogP contribution is 2.22. The first-order valence-electron chi connectivity index (χ1n) is 6.89. The van der Waals surface area contributed by atoms with Gasteiger partial charge in [0.1, 0.15) is 11.6 Å². The van der Waals surface area contributed by atoms with Gasteiger partial charge in [-0.3, -0.25) is 4.79 Å². The minimum absolute atomic E-state index is 0.0836. The van der Waals surface area contributed by atoms with E-state index in [0.29, 0.717) is 17.7 Å². The predicted octanol–water partition coefficient (Wildman–Crippen LogP) is 1.62. The van der Waals surface area contributed by atoms with Gasteiger partial charge in [-0.15, -0.1) is 6.42 Å². The van der Waals surface area contributed by atoms with E-state index in [0.717, 1.165) is 6.42 Å². The zero-order valence-corrected chi connectivity index (χ0v) is 12.4. The molecule has 1 amide bonds. The van der Waals surface area contributed by atoms with Crippen LogP contribution in [0.5, 0.6) is 5.75 Å². The Balaban J connectivity index is 2.82. The molecule has 0 spiro atoms. The normalized spacial score (nSPS) is 13.1. The Morgan fingerprint density at radius 1 is 1.57 bits per heavy atom. The number of nitrogens with two attached hydrogens (primary N) is 1. The van der Waals surface area contributed by atoms with E-state index in [1.54, 1.807) is 6.92 Å². The van der Waals surface area contributed by atoms with Gasteiger partial charge < -0.3 is 15.8 Å².